The lowest BCUT2D eigenvalue weighted by Crippen LogP contribution is -2.45. The summed E-state index contributed by atoms with van der Waals surface area (Å²) in [6, 6.07) is 1.35. The van der Waals surface area contributed by atoms with Gasteiger partial charge >= 0.3 is 0 Å². The number of halogens is 2. The lowest BCUT2D eigenvalue weighted by atomic mass is 10.00. The van der Waals surface area contributed by atoms with E-state index in [9.17, 15) is 18.4 Å². The van der Waals surface area contributed by atoms with Gasteiger partial charge in [0.2, 0.25) is 5.91 Å². The molecular weight excluding hydrogens is 364 g/mol. The monoisotopic (exact) mass is 390 g/mol. The second-order valence-corrected chi connectivity index (χ2v) is 7.03. The molecule has 3 rings (SSSR count). The summed E-state index contributed by atoms with van der Waals surface area (Å²) in [5.74, 6) is -1.79. The zero-order chi connectivity index (χ0) is 20.6. The molecule has 1 aliphatic heterocycles. The molecule has 151 valence electrons. The lowest BCUT2D eigenvalue weighted by molar-refractivity contribution is -0.121. The van der Waals surface area contributed by atoms with Gasteiger partial charge in [0.1, 0.15) is 11.6 Å². The van der Waals surface area contributed by atoms with E-state index in [2.05, 4.69) is 15.6 Å². The highest BCUT2D eigenvalue weighted by molar-refractivity contribution is 5.79. The van der Waals surface area contributed by atoms with Gasteiger partial charge in [-0.05, 0) is 51.0 Å². The number of hydrogen-bond donors (Lipinski definition) is 3. The van der Waals surface area contributed by atoms with E-state index in [4.69, 9.17) is 0 Å². The third-order valence-electron chi connectivity index (χ3n) is 4.99. The van der Waals surface area contributed by atoms with Crippen LogP contribution in [0.4, 0.5) is 8.78 Å². The molecule has 2 aromatic rings. The standard InChI is InChI=1S/C21H22F2N3O2.2H2/c1-10-7-14(22)8-16(23)19(10)13(4)25-18(27)9-15-11(2)20-12(3)24-6-5-17(20)26-21(15)28;;/h5-8,13,24H,9H2,1-4H3,(H,25,27)(H,26,28);2*1H/t13-;;/m1../s1. The average molecular weight is 390 g/mol. The Morgan fingerprint density at radius 1 is 1.25 bits per heavy atom. The Balaban J connectivity index is 0.00000225. The number of carbonyl (C=O) groups excluding carboxylic acids is 1. The number of H-pyrrole nitrogens is 1. The molecule has 1 radical (unpaired) electrons. The highest BCUT2D eigenvalue weighted by Crippen LogP contribution is 2.22. The van der Waals surface area contributed by atoms with Crippen LogP contribution in [-0.2, 0) is 11.2 Å². The van der Waals surface area contributed by atoms with Crippen LogP contribution in [-0.4, -0.2) is 10.9 Å². The largest absolute Gasteiger partial charge is 0.379 e. The number of pyridine rings is 1. The molecule has 1 atom stereocenters. The first-order chi connectivity index (χ1) is 13.2. The average Bonchev–Trinajstić information content (AvgIpc) is 2.57. The summed E-state index contributed by atoms with van der Waals surface area (Å²) < 4.78 is 27.4. The van der Waals surface area contributed by atoms with Crippen LogP contribution >= 0.6 is 0 Å². The van der Waals surface area contributed by atoms with Gasteiger partial charge in [0.25, 0.3) is 5.56 Å². The third kappa shape index (κ3) is 3.69. The van der Waals surface area contributed by atoms with Crippen molar-refractivity contribution in [2.75, 3.05) is 0 Å². The zero-order valence-corrected chi connectivity index (χ0v) is 16.2. The van der Waals surface area contributed by atoms with E-state index in [0.29, 0.717) is 16.5 Å². The first-order valence-corrected chi connectivity index (χ1v) is 8.96. The fourth-order valence-electron chi connectivity index (χ4n) is 3.71. The maximum Gasteiger partial charge on any atom is 0.252 e. The van der Waals surface area contributed by atoms with Crippen molar-refractivity contribution in [3.63, 3.8) is 0 Å². The van der Waals surface area contributed by atoms with Gasteiger partial charge in [0.15, 0.2) is 0 Å². The van der Waals surface area contributed by atoms with Crippen molar-refractivity contribution in [3.05, 3.63) is 73.5 Å². The Hall–Kier alpha value is -2.96. The van der Waals surface area contributed by atoms with Crippen molar-refractivity contribution < 1.29 is 16.4 Å². The molecule has 0 spiro atoms. The summed E-state index contributed by atoms with van der Waals surface area (Å²) in [5, 5.41) is 7.35. The number of aryl methyl sites for hydroxylation is 1. The van der Waals surface area contributed by atoms with E-state index < -0.39 is 23.6 Å². The topological polar surface area (TPSA) is 74.0 Å². The number of aromatic nitrogens is 1. The maximum absolute atomic E-state index is 14.1. The fraction of sp³-hybridized carbons (Fsp3) is 0.286. The predicted molar refractivity (Wildman–Crippen MR) is 108 cm³/mol. The second-order valence-electron chi connectivity index (χ2n) is 7.03. The van der Waals surface area contributed by atoms with E-state index in [0.717, 1.165) is 22.5 Å². The molecule has 0 saturated carbocycles. The highest BCUT2D eigenvalue weighted by atomic mass is 19.1. The van der Waals surface area contributed by atoms with Crippen LogP contribution in [0.3, 0.4) is 0 Å². The summed E-state index contributed by atoms with van der Waals surface area (Å²) in [4.78, 5) is 27.8. The molecule has 1 amide bonds. The van der Waals surface area contributed by atoms with Gasteiger partial charge < -0.3 is 15.6 Å². The molecule has 28 heavy (non-hydrogen) atoms. The van der Waals surface area contributed by atoms with Crippen molar-refractivity contribution >= 4 is 17.7 Å². The predicted octanol–water partition coefficient (Wildman–Crippen LogP) is 1.86. The Morgan fingerprint density at radius 2 is 1.96 bits per heavy atom. The molecular formula is C21H26F2N3O2. The molecule has 0 unspecified atom stereocenters. The number of carbonyl (C=O) groups is 1. The molecule has 1 aliphatic rings. The number of aromatic amines is 1. The van der Waals surface area contributed by atoms with E-state index >= 15 is 0 Å². The SMILES string of the molecule is CC1=c2c(C)c(CC(=O)N[C@H](C)c3c(C)cc(F)cc3F)c(=O)[nH]c2=C[CH]N1.[HH].[HH]. The Morgan fingerprint density at radius 3 is 2.64 bits per heavy atom. The van der Waals surface area contributed by atoms with Gasteiger partial charge in [-0.1, -0.05) is 0 Å². The molecule has 1 aromatic heterocycles. The van der Waals surface area contributed by atoms with Crippen LogP contribution in [0.25, 0.3) is 11.8 Å². The van der Waals surface area contributed by atoms with Gasteiger partial charge in [0.05, 0.1) is 19.0 Å². The van der Waals surface area contributed by atoms with Crippen LogP contribution in [0, 0.1) is 32.0 Å². The quantitative estimate of drug-likeness (QED) is 0.746. The minimum Gasteiger partial charge on any atom is -0.379 e. The number of nitrogens with one attached hydrogen (secondary N) is 3. The molecule has 5 nitrogen and oxygen atoms in total. The number of amides is 1. The molecule has 0 fully saturated rings. The Kier molecular flexibility index (Phi) is 5.36. The highest BCUT2D eigenvalue weighted by Gasteiger charge is 2.19. The minimum absolute atomic E-state index is 0. The fourth-order valence-corrected chi connectivity index (χ4v) is 3.71. The van der Waals surface area contributed by atoms with Gasteiger partial charge in [-0.15, -0.1) is 0 Å². The van der Waals surface area contributed by atoms with Crippen molar-refractivity contribution in [1.82, 2.24) is 15.6 Å². The van der Waals surface area contributed by atoms with Crippen LogP contribution in [0.1, 0.15) is 45.0 Å². The van der Waals surface area contributed by atoms with Crippen LogP contribution < -0.4 is 26.8 Å². The van der Waals surface area contributed by atoms with Crippen LogP contribution in [0.5, 0.6) is 0 Å². The first kappa shape index (κ1) is 19.8. The zero-order valence-electron chi connectivity index (χ0n) is 16.2. The summed E-state index contributed by atoms with van der Waals surface area (Å²) in [6.45, 7) is 8.63. The van der Waals surface area contributed by atoms with Crippen LogP contribution in [0.2, 0.25) is 0 Å². The number of benzene rings is 1. The molecule has 0 saturated heterocycles. The van der Waals surface area contributed by atoms with Gasteiger partial charge in [-0.2, -0.15) is 0 Å². The molecule has 3 N–H and O–H groups in total. The Labute approximate surface area is 164 Å². The van der Waals surface area contributed by atoms with E-state index in [-0.39, 0.29) is 20.4 Å². The summed E-state index contributed by atoms with van der Waals surface area (Å²) >= 11 is 0. The van der Waals surface area contributed by atoms with E-state index in [1.807, 2.05) is 6.92 Å². The number of hydrogen-bond acceptors (Lipinski definition) is 3. The van der Waals surface area contributed by atoms with E-state index in [1.54, 1.807) is 33.4 Å². The maximum atomic E-state index is 14.1. The van der Waals surface area contributed by atoms with Crippen molar-refractivity contribution in [1.29, 1.82) is 0 Å². The second kappa shape index (κ2) is 7.58. The molecule has 1 aromatic carbocycles. The van der Waals surface area contributed by atoms with Crippen molar-refractivity contribution in [2.45, 2.75) is 40.2 Å². The van der Waals surface area contributed by atoms with Gasteiger partial charge in [-0.3, -0.25) is 9.59 Å². The van der Waals surface area contributed by atoms with E-state index in [1.165, 1.54) is 6.07 Å². The van der Waals surface area contributed by atoms with Gasteiger partial charge in [-0.25, -0.2) is 8.78 Å². The molecule has 0 aliphatic carbocycles. The van der Waals surface area contributed by atoms with Crippen molar-refractivity contribution in [2.24, 2.45) is 0 Å². The smallest absolute Gasteiger partial charge is 0.252 e. The summed E-state index contributed by atoms with van der Waals surface area (Å²) in [6.07, 6.45) is 1.63. The molecule has 0 bridgehead atoms. The Bertz CT molecular complexity index is 1120. The van der Waals surface area contributed by atoms with Crippen molar-refractivity contribution in [3.8, 4) is 0 Å². The molecule has 7 heteroatoms. The normalized spacial score (nSPS) is 14.0. The summed E-state index contributed by atoms with van der Waals surface area (Å²) in [5.41, 5.74) is 2.27. The third-order valence-corrected chi connectivity index (χ3v) is 4.99. The molecule has 2 heterocycles. The van der Waals surface area contributed by atoms with Gasteiger partial charge in [0, 0.05) is 36.3 Å². The van der Waals surface area contributed by atoms with Crippen LogP contribution in [0.15, 0.2) is 16.9 Å². The number of rotatable bonds is 4. The number of fused-ring (bicyclic) bond motifs is 1. The lowest BCUT2D eigenvalue weighted by Gasteiger charge is -2.18. The minimum atomic E-state index is -0.712. The first-order valence-electron chi connectivity index (χ1n) is 8.96. The summed E-state index contributed by atoms with van der Waals surface area (Å²) in [7, 11) is 0.